The van der Waals surface area contributed by atoms with Crippen LogP contribution in [-0.2, 0) is 11.4 Å². The molecule has 1 heterocycles. The zero-order chi connectivity index (χ0) is 23.9. The van der Waals surface area contributed by atoms with Crippen LogP contribution in [0.3, 0.4) is 0 Å². The Hall–Kier alpha value is -3.61. The van der Waals surface area contributed by atoms with Gasteiger partial charge in [0, 0.05) is 22.0 Å². The number of nitrogens with zero attached hydrogens (tertiary/aromatic N) is 1. The fraction of sp³-hybridized carbons (Fsp3) is 0.111. The van der Waals surface area contributed by atoms with E-state index in [9.17, 15) is 4.79 Å². The molecular weight excluding hydrogens is 468 g/mol. The van der Waals surface area contributed by atoms with Gasteiger partial charge in [0.2, 0.25) is 5.91 Å². The molecule has 4 rings (SSSR count). The van der Waals surface area contributed by atoms with Gasteiger partial charge in [0.05, 0.1) is 12.8 Å². The molecule has 0 aliphatic rings. The van der Waals surface area contributed by atoms with Crippen LogP contribution in [-0.4, -0.2) is 18.0 Å². The number of nitrogens with one attached hydrogen (secondary N) is 1. The predicted molar refractivity (Wildman–Crippen MR) is 139 cm³/mol. The summed E-state index contributed by atoms with van der Waals surface area (Å²) in [5.41, 5.74) is 4.65. The molecule has 172 valence electrons. The lowest BCUT2D eigenvalue weighted by Crippen LogP contribution is -2.07. The largest absolute Gasteiger partial charge is 0.493 e. The number of methoxy groups -OCH3 is 1. The second-order valence-corrected chi connectivity index (χ2v) is 8.73. The molecule has 34 heavy (non-hydrogen) atoms. The monoisotopic (exact) mass is 490 g/mol. The molecule has 1 aromatic heterocycles. The molecule has 0 radical (unpaired) electrons. The third-order valence-electron chi connectivity index (χ3n) is 5.14. The number of hydrogen-bond acceptors (Lipinski definition) is 5. The Kier molecular flexibility index (Phi) is 7.62. The van der Waals surface area contributed by atoms with Crippen molar-refractivity contribution in [1.29, 1.82) is 0 Å². The van der Waals surface area contributed by atoms with E-state index in [-0.39, 0.29) is 5.91 Å². The molecule has 0 unspecified atom stereocenters. The number of carbonyl (C=O) groups excluding carboxylic acids is 1. The summed E-state index contributed by atoms with van der Waals surface area (Å²) < 4.78 is 11.4. The van der Waals surface area contributed by atoms with E-state index in [2.05, 4.69) is 23.3 Å². The summed E-state index contributed by atoms with van der Waals surface area (Å²) in [5.74, 6) is 0.960. The van der Waals surface area contributed by atoms with Gasteiger partial charge in [0.1, 0.15) is 6.61 Å². The normalized spacial score (nSPS) is 10.9. The Balaban J connectivity index is 1.39. The van der Waals surface area contributed by atoms with Gasteiger partial charge in [-0.05, 0) is 47.9 Å². The first kappa shape index (κ1) is 23.5. The molecule has 0 aliphatic heterocycles. The number of amides is 1. The van der Waals surface area contributed by atoms with Crippen LogP contribution in [0.1, 0.15) is 16.7 Å². The molecule has 0 saturated carbocycles. The van der Waals surface area contributed by atoms with E-state index in [1.807, 2.05) is 66.0 Å². The Morgan fingerprint density at radius 2 is 1.88 bits per heavy atom. The third kappa shape index (κ3) is 5.84. The van der Waals surface area contributed by atoms with Crippen LogP contribution in [0, 0.1) is 6.92 Å². The lowest BCUT2D eigenvalue weighted by Gasteiger charge is -2.12. The molecule has 0 saturated heterocycles. The van der Waals surface area contributed by atoms with Gasteiger partial charge in [0.15, 0.2) is 16.6 Å². The van der Waals surface area contributed by atoms with E-state index in [0.717, 1.165) is 22.4 Å². The molecule has 1 N–H and O–H groups in total. The first-order valence-corrected chi connectivity index (χ1v) is 11.8. The van der Waals surface area contributed by atoms with Gasteiger partial charge in [-0.25, -0.2) is 4.98 Å². The van der Waals surface area contributed by atoms with Crippen molar-refractivity contribution in [3.63, 3.8) is 0 Å². The Bertz CT molecular complexity index is 1330. The van der Waals surface area contributed by atoms with Crippen molar-refractivity contribution >= 4 is 40.1 Å². The number of anilines is 1. The van der Waals surface area contributed by atoms with Crippen molar-refractivity contribution in [3.05, 3.63) is 99.9 Å². The number of ether oxygens (including phenoxy) is 2. The van der Waals surface area contributed by atoms with Crippen molar-refractivity contribution in [1.82, 2.24) is 4.98 Å². The molecular formula is C27H23ClN2O3S. The molecule has 0 atom stereocenters. The fourth-order valence-electron chi connectivity index (χ4n) is 3.28. The van der Waals surface area contributed by atoms with Gasteiger partial charge in [-0.15, -0.1) is 11.3 Å². The second kappa shape index (κ2) is 11.0. The third-order valence-corrected chi connectivity index (χ3v) is 6.23. The molecule has 0 fully saturated rings. The van der Waals surface area contributed by atoms with Crippen LogP contribution in [0.4, 0.5) is 5.13 Å². The molecule has 7 heteroatoms. The summed E-state index contributed by atoms with van der Waals surface area (Å²) >= 11 is 7.58. The number of carbonyl (C=O) groups is 1. The zero-order valence-corrected chi connectivity index (χ0v) is 20.3. The van der Waals surface area contributed by atoms with Crippen molar-refractivity contribution in [2.75, 3.05) is 12.4 Å². The highest BCUT2D eigenvalue weighted by Gasteiger charge is 2.10. The van der Waals surface area contributed by atoms with Gasteiger partial charge in [-0.2, -0.15) is 0 Å². The van der Waals surface area contributed by atoms with Crippen molar-refractivity contribution in [2.24, 2.45) is 0 Å². The maximum absolute atomic E-state index is 12.4. The molecule has 5 nitrogen and oxygen atoms in total. The minimum atomic E-state index is -0.279. The van der Waals surface area contributed by atoms with E-state index in [4.69, 9.17) is 21.1 Å². The van der Waals surface area contributed by atoms with E-state index in [0.29, 0.717) is 28.3 Å². The van der Waals surface area contributed by atoms with E-state index < -0.39 is 0 Å². The van der Waals surface area contributed by atoms with Gasteiger partial charge >= 0.3 is 0 Å². The van der Waals surface area contributed by atoms with Crippen LogP contribution in [0.5, 0.6) is 11.5 Å². The lowest BCUT2D eigenvalue weighted by atomic mass is 10.1. The fourth-order valence-corrected chi connectivity index (χ4v) is 4.22. The number of halogens is 1. The first-order chi connectivity index (χ1) is 16.5. The number of hydrogen-bond donors (Lipinski definition) is 1. The summed E-state index contributed by atoms with van der Waals surface area (Å²) in [6, 6.07) is 21.1. The first-order valence-electron chi connectivity index (χ1n) is 10.6. The topological polar surface area (TPSA) is 60.5 Å². The number of benzene rings is 3. The number of aryl methyl sites for hydroxylation is 1. The van der Waals surface area contributed by atoms with E-state index in [1.54, 1.807) is 13.2 Å². The SMILES string of the molecule is COc1cc(/C=C/C(=O)Nc2nc(-c3ccccc3Cl)cs2)ccc1OCc1ccccc1C. The van der Waals surface area contributed by atoms with Crippen molar-refractivity contribution < 1.29 is 14.3 Å². The Morgan fingerprint density at radius 3 is 2.68 bits per heavy atom. The highest BCUT2D eigenvalue weighted by Crippen LogP contribution is 2.31. The molecule has 4 aromatic rings. The minimum absolute atomic E-state index is 0.279. The Labute approximate surface area is 207 Å². The maximum atomic E-state index is 12.4. The van der Waals surface area contributed by atoms with Crippen LogP contribution >= 0.6 is 22.9 Å². The zero-order valence-electron chi connectivity index (χ0n) is 18.7. The van der Waals surface area contributed by atoms with Crippen LogP contribution in [0.15, 0.2) is 78.2 Å². The van der Waals surface area contributed by atoms with Crippen LogP contribution in [0.25, 0.3) is 17.3 Å². The summed E-state index contributed by atoms with van der Waals surface area (Å²) in [7, 11) is 1.59. The van der Waals surface area contributed by atoms with E-state index >= 15 is 0 Å². The summed E-state index contributed by atoms with van der Waals surface area (Å²) in [4.78, 5) is 16.9. The van der Waals surface area contributed by atoms with Crippen molar-refractivity contribution in [2.45, 2.75) is 13.5 Å². The Morgan fingerprint density at radius 1 is 1.09 bits per heavy atom. The van der Waals surface area contributed by atoms with Gasteiger partial charge in [0.25, 0.3) is 0 Å². The predicted octanol–water partition coefficient (Wildman–Crippen LogP) is 7.01. The minimum Gasteiger partial charge on any atom is -0.493 e. The molecule has 0 spiro atoms. The number of rotatable bonds is 8. The van der Waals surface area contributed by atoms with Crippen LogP contribution < -0.4 is 14.8 Å². The van der Waals surface area contributed by atoms with Gasteiger partial charge < -0.3 is 9.47 Å². The summed E-state index contributed by atoms with van der Waals surface area (Å²) in [6.45, 7) is 2.50. The standard InChI is InChI=1S/C27H23ClN2O3S/c1-18-7-3-4-8-20(18)16-33-24-13-11-19(15-25(24)32-2)12-14-26(31)30-27-29-23(17-34-27)21-9-5-6-10-22(21)28/h3-15,17H,16H2,1-2H3,(H,29,30,31)/b14-12+. The number of thiazole rings is 1. The molecule has 3 aromatic carbocycles. The van der Waals surface area contributed by atoms with Crippen LogP contribution in [0.2, 0.25) is 5.02 Å². The molecule has 0 aliphatic carbocycles. The molecule has 1 amide bonds. The second-order valence-electron chi connectivity index (χ2n) is 7.47. The van der Waals surface area contributed by atoms with E-state index in [1.165, 1.54) is 23.0 Å². The summed E-state index contributed by atoms with van der Waals surface area (Å²) in [5, 5.41) is 5.77. The summed E-state index contributed by atoms with van der Waals surface area (Å²) in [6.07, 6.45) is 3.17. The quantitative estimate of drug-likeness (QED) is 0.270. The highest BCUT2D eigenvalue weighted by molar-refractivity contribution is 7.14. The maximum Gasteiger partial charge on any atom is 0.250 e. The average molecular weight is 491 g/mol. The van der Waals surface area contributed by atoms with Gasteiger partial charge in [-0.3, -0.25) is 10.1 Å². The van der Waals surface area contributed by atoms with Crippen molar-refractivity contribution in [3.8, 4) is 22.8 Å². The lowest BCUT2D eigenvalue weighted by molar-refractivity contribution is -0.111. The highest BCUT2D eigenvalue weighted by atomic mass is 35.5. The molecule has 0 bridgehead atoms. The van der Waals surface area contributed by atoms with Gasteiger partial charge in [-0.1, -0.05) is 60.1 Å². The smallest absolute Gasteiger partial charge is 0.250 e. The number of aromatic nitrogens is 1. The average Bonchev–Trinajstić information content (AvgIpc) is 3.30.